The smallest absolute Gasteiger partial charge is 0.437 e. The monoisotopic (exact) mass is 462 g/mol. The molecule has 172 valence electrons. The Hall–Kier alpha value is -4.59. The first-order valence-corrected chi connectivity index (χ1v) is 11.3. The number of ether oxygens (including phenoxy) is 1. The molecule has 0 spiro atoms. The molecule has 4 aromatic heterocycles. The molecule has 0 saturated heterocycles. The Morgan fingerprint density at radius 1 is 0.971 bits per heavy atom. The van der Waals surface area contributed by atoms with Crippen LogP contribution < -0.4 is 0 Å². The van der Waals surface area contributed by atoms with E-state index in [4.69, 9.17) is 9.72 Å². The summed E-state index contributed by atoms with van der Waals surface area (Å²) < 4.78 is 6.80. The summed E-state index contributed by atoms with van der Waals surface area (Å²) in [7, 11) is 0. The molecule has 0 unspecified atom stereocenters. The maximum absolute atomic E-state index is 13.0. The summed E-state index contributed by atoms with van der Waals surface area (Å²) in [5.74, 6) is 0.550. The zero-order valence-electron chi connectivity index (χ0n) is 19.5. The maximum atomic E-state index is 13.0. The van der Waals surface area contributed by atoms with Gasteiger partial charge in [-0.25, -0.2) is 14.8 Å². The van der Waals surface area contributed by atoms with Crippen molar-refractivity contribution in [2.24, 2.45) is 0 Å². The van der Waals surface area contributed by atoms with Gasteiger partial charge in [0, 0.05) is 35.1 Å². The zero-order chi connectivity index (χ0) is 24.2. The second-order valence-corrected chi connectivity index (χ2v) is 9.35. The predicted octanol–water partition coefficient (Wildman–Crippen LogP) is 5.97. The van der Waals surface area contributed by atoms with Crippen LogP contribution in [-0.4, -0.2) is 41.4 Å². The number of H-pyrrole nitrogens is 1. The van der Waals surface area contributed by atoms with Crippen LogP contribution in [0.5, 0.6) is 0 Å². The van der Waals surface area contributed by atoms with Gasteiger partial charge in [-0.1, -0.05) is 36.4 Å². The Balaban J connectivity index is 1.59. The van der Waals surface area contributed by atoms with Crippen molar-refractivity contribution in [3.63, 3.8) is 0 Å². The molecule has 2 aromatic carbocycles. The zero-order valence-corrected chi connectivity index (χ0v) is 19.5. The first-order valence-electron chi connectivity index (χ1n) is 11.3. The Morgan fingerprint density at radius 3 is 2.60 bits per heavy atom. The molecule has 0 radical (unpaired) electrons. The molecule has 6 rings (SSSR count). The Labute approximate surface area is 200 Å². The number of imidazole rings is 1. The number of nitrogens with zero attached hydrogens (tertiary/aromatic N) is 5. The van der Waals surface area contributed by atoms with E-state index in [-0.39, 0.29) is 0 Å². The number of carbonyl (C=O) groups excluding carboxylic acids is 1. The highest BCUT2D eigenvalue weighted by Gasteiger charge is 2.25. The van der Waals surface area contributed by atoms with Gasteiger partial charge in [-0.3, -0.25) is 4.98 Å². The van der Waals surface area contributed by atoms with E-state index >= 15 is 0 Å². The van der Waals surface area contributed by atoms with Gasteiger partial charge in [-0.2, -0.15) is 5.10 Å². The van der Waals surface area contributed by atoms with Gasteiger partial charge in [0.05, 0.1) is 16.4 Å². The van der Waals surface area contributed by atoms with E-state index in [0.717, 1.165) is 32.9 Å². The van der Waals surface area contributed by atoms with Crippen molar-refractivity contribution in [1.29, 1.82) is 0 Å². The molecule has 4 heterocycles. The summed E-state index contributed by atoms with van der Waals surface area (Å²) in [6.45, 7) is 5.45. The molecule has 0 fully saturated rings. The third kappa shape index (κ3) is 3.69. The molecule has 8 nitrogen and oxygen atoms in total. The van der Waals surface area contributed by atoms with Gasteiger partial charge in [0.25, 0.3) is 0 Å². The predicted molar refractivity (Wildman–Crippen MR) is 135 cm³/mol. The standard InChI is InChI=1S/C27H22N6O2/c1-27(2,3)35-26(34)33-25-19(23(32-33)24-30-21-10-6-7-11-22(21)31-24)12-17(14-29-25)20-15-28-13-16-8-4-5-9-18(16)20/h4-15H,1-3H3,(H,30,31). The van der Waals surface area contributed by atoms with E-state index in [2.05, 4.69) is 26.1 Å². The lowest BCUT2D eigenvalue weighted by atomic mass is 10.0. The first-order chi connectivity index (χ1) is 16.9. The van der Waals surface area contributed by atoms with Crippen molar-refractivity contribution < 1.29 is 9.53 Å². The molecule has 1 N–H and O–H groups in total. The van der Waals surface area contributed by atoms with Gasteiger partial charge in [0.1, 0.15) is 11.3 Å². The minimum atomic E-state index is -0.677. The minimum Gasteiger partial charge on any atom is -0.442 e. The highest BCUT2D eigenvalue weighted by Crippen LogP contribution is 2.33. The average Bonchev–Trinajstić information content (AvgIpc) is 3.44. The number of carbonyl (C=O) groups is 1. The fraction of sp³-hybridized carbons (Fsp3) is 0.148. The quantitative estimate of drug-likeness (QED) is 0.340. The number of benzene rings is 2. The molecular weight excluding hydrogens is 440 g/mol. The Kier molecular flexibility index (Phi) is 4.63. The van der Waals surface area contributed by atoms with E-state index in [1.807, 2.05) is 81.7 Å². The molecule has 0 saturated carbocycles. The number of nitrogens with one attached hydrogen (secondary N) is 1. The summed E-state index contributed by atoms with van der Waals surface area (Å²) in [4.78, 5) is 30.1. The molecule has 0 aliphatic carbocycles. The first kappa shape index (κ1) is 21.0. The number of para-hydroxylation sites is 2. The lowest BCUT2D eigenvalue weighted by Gasteiger charge is -2.18. The van der Waals surface area contributed by atoms with Gasteiger partial charge in [-0.05, 0) is 44.4 Å². The molecule has 0 amide bonds. The normalized spacial score (nSPS) is 12.0. The van der Waals surface area contributed by atoms with Crippen molar-refractivity contribution in [3.8, 4) is 22.6 Å². The second kappa shape index (κ2) is 7.73. The van der Waals surface area contributed by atoms with E-state index in [1.165, 1.54) is 4.68 Å². The number of hydrogen-bond acceptors (Lipinski definition) is 6. The van der Waals surface area contributed by atoms with Crippen LogP contribution >= 0.6 is 0 Å². The van der Waals surface area contributed by atoms with E-state index in [1.54, 1.807) is 6.20 Å². The minimum absolute atomic E-state index is 0.395. The van der Waals surface area contributed by atoms with E-state index < -0.39 is 11.7 Å². The van der Waals surface area contributed by atoms with Crippen molar-refractivity contribution in [3.05, 3.63) is 73.2 Å². The molecule has 8 heteroatoms. The summed E-state index contributed by atoms with van der Waals surface area (Å²) in [5.41, 5.74) is 3.73. The highest BCUT2D eigenvalue weighted by atomic mass is 16.6. The van der Waals surface area contributed by atoms with E-state index in [0.29, 0.717) is 22.6 Å². The molecule has 0 aliphatic rings. The molecular formula is C27H22N6O2. The second-order valence-electron chi connectivity index (χ2n) is 9.35. The summed E-state index contributed by atoms with van der Waals surface area (Å²) in [6.07, 6.45) is 4.80. The van der Waals surface area contributed by atoms with Crippen LogP contribution in [0.2, 0.25) is 0 Å². The number of pyridine rings is 2. The number of aromatic nitrogens is 6. The topological polar surface area (TPSA) is 98.6 Å². The molecule has 0 aliphatic heterocycles. The maximum Gasteiger partial charge on any atom is 0.437 e. The van der Waals surface area contributed by atoms with Crippen LogP contribution in [0.3, 0.4) is 0 Å². The largest absolute Gasteiger partial charge is 0.442 e. The molecule has 0 atom stereocenters. The van der Waals surface area contributed by atoms with Crippen LogP contribution in [0.1, 0.15) is 20.8 Å². The lowest BCUT2D eigenvalue weighted by molar-refractivity contribution is 0.0522. The van der Waals surface area contributed by atoms with Crippen LogP contribution in [0, 0.1) is 0 Å². The van der Waals surface area contributed by atoms with Gasteiger partial charge in [0.2, 0.25) is 0 Å². The fourth-order valence-corrected chi connectivity index (χ4v) is 4.17. The fourth-order valence-electron chi connectivity index (χ4n) is 4.17. The average molecular weight is 463 g/mol. The van der Waals surface area contributed by atoms with Crippen molar-refractivity contribution in [1.82, 2.24) is 29.7 Å². The molecule has 6 aromatic rings. The van der Waals surface area contributed by atoms with E-state index in [9.17, 15) is 4.79 Å². The van der Waals surface area contributed by atoms with Crippen molar-refractivity contribution in [2.75, 3.05) is 0 Å². The van der Waals surface area contributed by atoms with Gasteiger partial charge >= 0.3 is 6.09 Å². The van der Waals surface area contributed by atoms with Crippen LogP contribution in [0.4, 0.5) is 4.79 Å². The summed E-state index contributed by atoms with van der Waals surface area (Å²) >= 11 is 0. The SMILES string of the molecule is CC(C)(C)OC(=O)n1nc(-c2nc3ccccc3[nH]2)c2cc(-c3cncc4ccccc34)cnc21. The van der Waals surface area contributed by atoms with Gasteiger partial charge in [0.15, 0.2) is 11.5 Å². The number of hydrogen-bond donors (Lipinski definition) is 1. The van der Waals surface area contributed by atoms with Gasteiger partial charge in [-0.15, -0.1) is 4.68 Å². The number of aromatic amines is 1. The van der Waals surface area contributed by atoms with Crippen LogP contribution in [-0.2, 0) is 4.74 Å². The summed E-state index contributed by atoms with van der Waals surface area (Å²) in [6, 6.07) is 17.8. The number of fused-ring (bicyclic) bond motifs is 3. The van der Waals surface area contributed by atoms with Crippen LogP contribution in [0.15, 0.2) is 73.2 Å². The third-order valence-corrected chi connectivity index (χ3v) is 5.68. The highest BCUT2D eigenvalue weighted by molar-refractivity contribution is 6.01. The Morgan fingerprint density at radius 2 is 1.77 bits per heavy atom. The number of rotatable bonds is 2. The molecule has 0 bridgehead atoms. The van der Waals surface area contributed by atoms with Crippen molar-refractivity contribution in [2.45, 2.75) is 26.4 Å². The lowest BCUT2D eigenvalue weighted by Crippen LogP contribution is -2.27. The van der Waals surface area contributed by atoms with Crippen LogP contribution in [0.25, 0.3) is 55.5 Å². The molecule has 35 heavy (non-hydrogen) atoms. The third-order valence-electron chi connectivity index (χ3n) is 5.68. The van der Waals surface area contributed by atoms with Crippen molar-refractivity contribution >= 4 is 38.9 Å². The Bertz CT molecular complexity index is 1700. The summed E-state index contributed by atoms with van der Waals surface area (Å²) in [5, 5.41) is 7.38. The van der Waals surface area contributed by atoms with Gasteiger partial charge < -0.3 is 9.72 Å².